The van der Waals surface area contributed by atoms with Crippen LogP contribution in [0.15, 0.2) is 85.1 Å². The highest BCUT2D eigenvalue weighted by molar-refractivity contribution is 5.80. The lowest BCUT2D eigenvalue weighted by molar-refractivity contribution is 0.144. The van der Waals surface area contributed by atoms with E-state index in [-0.39, 0.29) is 12.5 Å². The van der Waals surface area contributed by atoms with Gasteiger partial charge in [0.15, 0.2) is 0 Å². The van der Waals surface area contributed by atoms with E-state index in [1.54, 1.807) is 6.20 Å². The second-order valence-electron chi connectivity index (χ2n) is 7.40. The number of aromatic nitrogens is 1. The van der Waals surface area contributed by atoms with Crippen LogP contribution in [0.5, 0.6) is 0 Å². The number of fused-ring (bicyclic) bond motifs is 4. The van der Waals surface area contributed by atoms with Crippen LogP contribution in [0.4, 0.5) is 4.79 Å². The molecule has 1 amide bonds. The van der Waals surface area contributed by atoms with Crippen LogP contribution in [0.25, 0.3) is 22.0 Å². The summed E-state index contributed by atoms with van der Waals surface area (Å²) in [5.74, 6) is 6.04. The molecule has 31 heavy (non-hydrogen) atoms. The number of pyridine rings is 1. The molecule has 0 fully saturated rings. The van der Waals surface area contributed by atoms with Gasteiger partial charge in [0.05, 0.1) is 12.1 Å². The van der Waals surface area contributed by atoms with E-state index in [0.717, 1.165) is 16.5 Å². The molecule has 0 radical (unpaired) electrons. The molecule has 3 aromatic carbocycles. The molecule has 0 bridgehead atoms. The summed E-state index contributed by atoms with van der Waals surface area (Å²) in [5, 5.41) is 3.75. The van der Waals surface area contributed by atoms with E-state index in [0.29, 0.717) is 6.61 Å². The molecule has 1 heterocycles. The highest BCUT2D eigenvalue weighted by atomic mass is 16.5. The molecule has 4 heteroatoms. The average molecular weight is 404 g/mol. The van der Waals surface area contributed by atoms with E-state index >= 15 is 0 Å². The number of ether oxygens (including phenoxy) is 1. The monoisotopic (exact) mass is 404 g/mol. The number of amides is 1. The smallest absolute Gasteiger partial charge is 0.407 e. The lowest BCUT2D eigenvalue weighted by Gasteiger charge is -2.14. The molecule has 4 aromatic rings. The van der Waals surface area contributed by atoms with Gasteiger partial charge in [0.1, 0.15) is 6.61 Å². The molecule has 1 aliphatic rings. The number of hydrogen-bond donors (Lipinski definition) is 1. The van der Waals surface area contributed by atoms with E-state index in [9.17, 15) is 4.79 Å². The van der Waals surface area contributed by atoms with Gasteiger partial charge in [-0.25, -0.2) is 4.79 Å². The molecular formula is C27H20N2O2. The molecule has 5 rings (SSSR count). The van der Waals surface area contributed by atoms with Crippen LogP contribution in [-0.2, 0) is 4.74 Å². The number of benzene rings is 3. The van der Waals surface area contributed by atoms with Crippen LogP contribution >= 0.6 is 0 Å². The summed E-state index contributed by atoms with van der Waals surface area (Å²) < 4.78 is 5.52. The zero-order valence-electron chi connectivity index (χ0n) is 16.8. The lowest BCUT2D eigenvalue weighted by atomic mass is 9.98. The Bertz CT molecular complexity index is 1290. The van der Waals surface area contributed by atoms with Crippen molar-refractivity contribution in [3.05, 3.63) is 102 Å². The SMILES string of the molecule is O=C(NCC#Cc1cnc2ccccc2c1)OCC1c2ccccc2-c2ccccc21. The Hall–Kier alpha value is -4.10. The highest BCUT2D eigenvalue weighted by Gasteiger charge is 2.28. The molecule has 0 saturated heterocycles. The molecule has 1 N–H and O–H groups in total. The van der Waals surface area contributed by atoms with Gasteiger partial charge in [-0.3, -0.25) is 4.98 Å². The zero-order valence-corrected chi connectivity index (χ0v) is 16.8. The van der Waals surface area contributed by atoms with E-state index < -0.39 is 6.09 Å². The number of nitrogens with zero attached hydrogens (tertiary/aromatic N) is 1. The normalized spacial score (nSPS) is 11.9. The number of hydrogen-bond acceptors (Lipinski definition) is 3. The maximum absolute atomic E-state index is 12.2. The van der Waals surface area contributed by atoms with Crippen molar-refractivity contribution >= 4 is 17.0 Å². The summed E-state index contributed by atoms with van der Waals surface area (Å²) in [7, 11) is 0. The molecule has 4 nitrogen and oxygen atoms in total. The van der Waals surface area contributed by atoms with Gasteiger partial charge in [0.25, 0.3) is 0 Å². The Morgan fingerprint density at radius 2 is 1.61 bits per heavy atom. The molecule has 0 spiro atoms. The summed E-state index contributed by atoms with van der Waals surface area (Å²) in [4.78, 5) is 16.6. The molecule has 0 atom stereocenters. The number of nitrogens with one attached hydrogen (secondary N) is 1. The van der Waals surface area contributed by atoms with Crippen molar-refractivity contribution in [3.63, 3.8) is 0 Å². The third-order valence-corrected chi connectivity index (χ3v) is 5.49. The first-order valence-electron chi connectivity index (χ1n) is 10.2. The predicted octanol–water partition coefficient (Wildman–Crippen LogP) is 5.13. The van der Waals surface area contributed by atoms with E-state index in [4.69, 9.17) is 4.74 Å². The van der Waals surface area contributed by atoms with Gasteiger partial charge >= 0.3 is 6.09 Å². The number of carbonyl (C=O) groups excluding carboxylic acids is 1. The van der Waals surface area contributed by atoms with E-state index in [1.165, 1.54) is 22.3 Å². The Labute approximate surface area is 180 Å². The van der Waals surface area contributed by atoms with Gasteiger partial charge in [-0.2, -0.15) is 0 Å². The van der Waals surface area contributed by atoms with Gasteiger partial charge in [-0.05, 0) is 34.4 Å². The van der Waals surface area contributed by atoms with Gasteiger partial charge in [-0.1, -0.05) is 78.6 Å². The van der Waals surface area contributed by atoms with Crippen LogP contribution in [0.1, 0.15) is 22.6 Å². The number of alkyl carbamates (subject to hydrolysis) is 1. The summed E-state index contributed by atoms with van der Waals surface area (Å²) in [6.45, 7) is 0.505. The Morgan fingerprint density at radius 1 is 0.935 bits per heavy atom. The molecule has 1 aliphatic carbocycles. The fourth-order valence-corrected chi connectivity index (χ4v) is 4.05. The Balaban J connectivity index is 1.19. The molecule has 0 aliphatic heterocycles. The second kappa shape index (κ2) is 8.33. The number of rotatable bonds is 3. The minimum Gasteiger partial charge on any atom is -0.449 e. The number of para-hydroxylation sites is 1. The van der Waals surface area contributed by atoms with Crippen molar-refractivity contribution in [1.82, 2.24) is 10.3 Å². The Kier molecular flexibility index (Phi) is 5.08. The molecule has 1 aromatic heterocycles. The summed E-state index contributed by atoms with van der Waals surface area (Å²) in [6.07, 6.45) is 1.27. The lowest BCUT2D eigenvalue weighted by Crippen LogP contribution is -2.26. The quantitative estimate of drug-likeness (QED) is 0.482. The van der Waals surface area contributed by atoms with Crippen LogP contribution in [0, 0.1) is 11.8 Å². The van der Waals surface area contributed by atoms with Crippen LogP contribution in [0.2, 0.25) is 0 Å². The van der Waals surface area contributed by atoms with E-state index in [2.05, 4.69) is 46.4 Å². The molecule has 0 unspecified atom stereocenters. The van der Waals surface area contributed by atoms with Crippen LogP contribution < -0.4 is 5.32 Å². The maximum atomic E-state index is 12.2. The standard InChI is InChI=1S/C27H20N2O2/c30-27(28-15-7-8-19-16-20-9-1-6-14-26(20)29-17-19)31-18-25-23-12-4-2-10-21(23)22-11-3-5-13-24(22)25/h1-6,9-14,16-17,25H,15,18H2,(H,28,30). The fourth-order valence-electron chi connectivity index (χ4n) is 4.05. The summed E-state index contributed by atoms with van der Waals surface area (Å²) >= 11 is 0. The summed E-state index contributed by atoms with van der Waals surface area (Å²) in [5.41, 5.74) is 6.56. The average Bonchev–Trinajstić information content (AvgIpc) is 3.14. The predicted molar refractivity (Wildman–Crippen MR) is 122 cm³/mol. The van der Waals surface area contributed by atoms with Gasteiger partial charge < -0.3 is 10.1 Å². The third kappa shape index (κ3) is 3.86. The topological polar surface area (TPSA) is 51.2 Å². The van der Waals surface area contributed by atoms with Crippen molar-refractivity contribution in [3.8, 4) is 23.0 Å². The second-order valence-corrected chi connectivity index (χ2v) is 7.40. The zero-order chi connectivity index (χ0) is 21.0. The summed E-state index contributed by atoms with van der Waals surface area (Å²) in [6, 6.07) is 26.4. The number of carbonyl (C=O) groups is 1. The minimum absolute atomic E-state index is 0.0490. The largest absolute Gasteiger partial charge is 0.449 e. The van der Waals surface area contributed by atoms with Crippen molar-refractivity contribution in [2.24, 2.45) is 0 Å². The molecule has 0 saturated carbocycles. The molecular weight excluding hydrogens is 384 g/mol. The van der Waals surface area contributed by atoms with Crippen molar-refractivity contribution < 1.29 is 9.53 Å². The first-order valence-corrected chi connectivity index (χ1v) is 10.2. The molecule has 150 valence electrons. The highest BCUT2D eigenvalue weighted by Crippen LogP contribution is 2.44. The minimum atomic E-state index is -0.465. The third-order valence-electron chi connectivity index (χ3n) is 5.49. The maximum Gasteiger partial charge on any atom is 0.407 e. The van der Waals surface area contributed by atoms with Crippen LogP contribution in [0.3, 0.4) is 0 Å². The van der Waals surface area contributed by atoms with Crippen molar-refractivity contribution in [2.45, 2.75) is 5.92 Å². The van der Waals surface area contributed by atoms with Gasteiger partial charge in [-0.15, -0.1) is 0 Å². The van der Waals surface area contributed by atoms with Crippen LogP contribution in [-0.4, -0.2) is 24.2 Å². The first-order chi connectivity index (χ1) is 15.3. The first kappa shape index (κ1) is 18.9. The Morgan fingerprint density at radius 3 is 2.39 bits per heavy atom. The van der Waals surface area contributed by atoms with E-state index in [1.807, 2.05) is 54.6 Å². The van der Waals surface area contributed by atoms with Crippen molar-refractivity contribution in [1.29, 1.82) is 0 Å². The van der Waals surface area contributed by atoms with Crippen molar-refractivity contribution in [2.75, 3.05) is 13.2 Å². The van der Waals surface area contributed by atoms with Gasteiger partial charge in [0.2, 0.25) is 0 Å². The fraction of sp³-hybridized carbons (Fsp3) is 0.111. The van der Waals surface area contributed by atoms with Gasteiger partial charge in [0, 0.05) is 23.1 Å².